The molecule has 0 bridgehead atoms. The molecule has 2 heteroatoms. The summed E-state index contributed by atoms with van der Waals surface area (Å²) in [5.41, 5.74) is 5.67. The molecule has 2 nitrogen and oxygen atoms in total. The Bertz CT molecular complexity index is 174. The molecule has 0 spiro atoms. The number of hydrogen-bond donors (Lipinski definition) is 2. The zero-order valence-electron chi connectivity index (χ0n) is 14.4. The Kier molecular flexibility index (Phi) is 15.3. The molecule has 20 heavy (non-hydrogen) atoms. The molecule has 3 N–H and O–H groups in total. The van der Waals surface area contributed by atoms with Crippen LogP contribution in [0.4, 0.5) is 0 Å². The van der Waals surface area contributed by atoms with Gasteiger partial charge in [-0.3, -0.25) is 0 Å². The Hall–Kier alpha value is -0.0800. The van der Waals surface area contributed by atoms with Gasteiger partial charge in [0.15, 0.2) is 0 Å². The van der Waals surface area contributed by atoms with Gasteiger partial charge in [0.25, 0.3) is 0 Å². The van der Waals surface area contributed by atoms with Crippen molar-refractivity contribution in [2.45, 2.75) is 85.0 Å². The summed E-state index contributed by atoms with van der Waals surface area (Å²) in [6, 6.07) is 0. The molecule has 0 saturated heterocycles. The smallest absolute Gasteiger partial charge is 0.00488 e. The minimum absolute atomic E-state index is 0.856. The third-order valence-electron chi connectivity index (χ3n) is 4.12. The van der Waals surface area contributed by atoms with E-state index in [4.69, 9.17) is 5.73 Å². The summed E-state index contributed by atoms with van der Waals surface area (Å²) >= 11 is 0. The largest absolute Gasteiger partial charge is 0.330 e. The van der Waals surface area contributed by atoms with Crippen LogP contribution in [0.3, 0.4) is 0 Å². The predicted molar refractivity (Wildman–Crippen MR) is 92.1 cm³/mol. The molecule has 0 radical (unpaired) electrons. The second-order valence-corrected chi connectivity index (χ2v) is 6.72. The minimum atomic E-state index is 0.856. The fourth-order valence-corrected chi connectivity index (χ4v) is 2.87. The number of hydrogen-bond acceptors (Lipinski definition) is 2. The van der Waals surface area contributed by atoms with Crippen LogP contribution in [0.15, 0.2) is 0 Å². The van der Waals surface area contributed by atoms with Crippen LogP contribution >= 0.6 is 0 Å². The van der Waals surface area contributed by atoms with E-state index in [1.807, 2.05) is 0 Å². The summed E-state index contributed by atoms with van der Waals surface area (Å²) < 4.78 is 0. The molecule has 0 aromatic rings. The molecular formula is C18H40N2. The van der Waals surface area contributed by atoms with Gasteiger partial charge in [0.2, 0.25) is 0 Å². The van der Waals surface area contributed by atoms with Crippen LogP contribution in [-0.4, -0.2) is 19.6 Å². The lowest BCUT2D eigenvalue weighted by Crippen LogP contribution is -2.18. The van der Waals surface area contributed by atoms with Gasteiger partial charge in [0.05, 0.1) is 0 Å². The van der Waals surface area contributed by atoms with Gasteiger partial charge in [-0.15, -0.1) is 0 Å². The molecule has 0 heterocycles. The van der Waals surface area contributed by atoms with Crippen LogP contribution in [0.1, 0.15) is 85.0 Å². The van der Waals surface area contributed by atoms with E-state index in [0.29, 0.717) is 0 Å². The van der Waals surface area contributed by atoms with Gasteiger partial charge in [-0.2, -0.15) is 0 Å². The lowest BCUT2D eigenvalue weighted by molar-refractivity contribution is 0.403. The first-order valence-electron chi connectivity index (χ1n) is 9.11. The molecule has 1 atom stereocenters. The summed E-state index contributed by atoms with van der Waals surface area (Å²) in [4.78, 5) is 0. The molecule has 0 amide bonds. The Labute approximate surface area is 128 Å². The van der Waals surface area contributed by atoms with Crippen molar-refractivity contribution < 1.29 is 0 Å². The molecular weight excluding hydrogens is 244 g/mol. The Morgan fingerprint density at radius 1 is 0.800 bits per heavy atom. The third kappa shape index (κ3) is 14.3. The summed E-state index contributed by atoms with van der Waals surface area (Å²) in [5.74, 6) is 1.74. The van der Waals surface area contributed by atoms with Crippen molar-refractivity contribution in [1.82, 2.24) is 5.32 Å². The van der Waals surface area contributed by atoms with Crippen LogP contribution in [0.5, 0.6) is 0 Å². The highest BCUT2D eigenvalue weighted by Crippen LogP contribution is 2.16. The number of nitrogens with two attached hydrogens (primary N) is 1. The second kappa shape index (κ2) is 15.3. The Morgan fingerprint density at radius 2 is 1.50 bits per heavy atom. The van der Waals surface area contributed by atoms with Gasteiger partial charge >= 0.3 is 0 Å². The zero-order valence-corrected chi connectivity index (χ0v) is 14.4. The molecule has 0 aromatic heterocycles. The summed E-state index contributed by atoms with van der Waals surface area (Å²) in [7, 11) is 0. The maximum absolute atomic E-state index is 5.67. The number of unbranched alkanes of at least 4 members (excludes halogenated alkanes) is 3. The fraction of sp³-hybridized carbons (Fsp3) is 1.00. The molecule has 0 fully saturated rings. The summed E-state index contributed by atoms with van der Waals surface area (Å²) in [6.07, 6.45) is 13.5. The van der Waals surface area contributed by atoms with E-state index in [1.54, 1.807) is 0 Å². The van der Waals surface area contributed by atoms with E-state index in [9.17, 15) is 0 Å². The third-order valence-corrected chi connectivity index (χ3v) is 4.12. The SMILES string of the molecule is CCCC(CCN)CCCNCCCCCCC(C)C. The quantitative estimate of drug-likeness (QED) is 0.427. The molecule has 0 aliphatic carbocycles. The van der Waals surface area contributed by atoms with Crippen molar-refractivity contribution in [3.05, 3.63) is 0 Å². The second-order valence-electron chi connectivity index (χ2n) is 6.72. The maximum atomic E-state index is 5.67. The van der Waals surface area contributed by atoms with Crippen LogP contribution in [-0.2, 0) is 0 Å². The standard InChI is InChI=1S/C18H40N2/c1-4-10-18(13-14-19)12-9-16-20-15-8-6-5-7-11-17(2)3/h17-18,20H,4-16,19H2,1-3H3. The van der Waals surface area contributed by atoms with Crippen LogP contribution in [0.2, 0.25) is 0 Å². The first-order valence-corrected chi connectivity index (χ1v) is 9.11. The molecule has 0 rings (SSSR count). The fourth-order valence-electron chi connectivity index (χ4n) is 2.87. The molecule has 0 aliphatic heterocycles. The van der Waals surface area contributed by atoms with E-state index < -0.39 is 0 Å². The topological polar surface area (TPSA) is 38.0 Å². The van der Waals surface area contributed by atoms with Crippen molar-refractivity contribution in [2.24, 2.45) is 17.6 Å². The van der Waals surface area contributed by atoms with Crippen molar-refractivity contribution in [1.29, 1.82) is 0 Å². The van der Waals surface area contributed by atoms with Crippen molar-refractivity contribution in [3.63, 3.8) is 0 Å². The maximum Gasteiger partial charge on any atom is -0.00488 e. The lowest BCUT2D eigenvalue weighted by Gasteiger charge is -2.15. The minimum Gasteiger partial charge on any atom is -0.330 e. The van der Waals surface area contributed by atoms with E-state index in [2.05, 4.69) is 26.1 Å². The molecule has 0 saturated carbocycles. The van der Waals surface area contributed by atoms with E-state index in [-0.39, 0.29) is 0 Å². The van der Waals surface area contributed by atoms with E-state index in [1.165, 1.54) is 77.3 Å². The molecule has 0 aliphatic rings. The van der Waals surface area contributed by atoms with Crippen LogP contribution in [0.25, 0.3) is 0 Å². The van der Waals surface area contributed by atoms with Gasteiger partial charge in [0, 0.05) is 0 Å². The highest BCUT2D eigenvalue weighted by molar-refractivity contribution is 4.61. The first kappa shape index (κ1) is 19.9. The Morgan fingerprint density at radius 3 is 2.15 bits per heavy atom. The highest BCUT2D eigenvalue weighted by Gasteiger charge is 2.05. The van der Waals surface area contributed by atoms with Crippen molar-refractivity contribution in [2.75, 3.05) is 19.6 Å². The summed E-state index contributed by atoms with van der Waals surface area (Å²) in [5, 5.41) is 3.59. The van der Waals surface area contributed by atoms with E-state index in [0.717, 1.165) is 18.4 Å². The van der Waals surface area contributed by atoms with Crippen molar-refractivity contribution in [3.8, 4) is 0 Å². The van der Waals surface area contributed by atoms with Gasteiger partial charge in [-0.1, -0.05) is 59.3 Å². The highest BCUT2D eigenvalue weighted by atomic mass is 14.8. The molecule has 122 valence electrons. The molecule has 1 unspecified atom stereocenters. The average Bonchev–Trinajstić information content (AvgIpc) is 2.41. The lowest BCUT2D eigenvalue weighted by atomic mass is 9.94. The average molecular weight is 285 g/mol. The van der Waals surface area contributed by atoms with Gasteiger partial charge in [-0.05, 0) is 57.2 Å². The normalized spacial score (nSPS) is 13.1. The molecule has 0 aromatic carbocycles. The van der Waals surface area contributed by atoms with Crippen LogP contribution < -0.4 is 11.1 Å². The van der Waals surface area contributed by atoms with E-state index >= 15 is 0 Å². The summed E-state index contributed by atoms with van der Waals surface area (Å²) in [6.45, 7) is 10.2. The zero-order chi connectivity index (χ0) is 15.1. The number of rotatable bonds is 15. The van der Waals surface area contributed by atoms with Gasteiger partial charge in [0.1, 0.15) is 0 Å². The van der Waals surface area contributed by atoms with Gasteiger partial charge < -0.3 is 11.1 Å². The van der Waals surface area contributed by atoms with Gasteiger partial charge in [-0.25, -0.2) is 0 Å². The van der Waals surface area contributed by atoms with Crippen LogP contribution in [0, 0.1) is 11.8 Å². The predicted octanol–water partition coefficient (Wildman–Crippen LogP) is 4.73. The van der Waals surface area contributed by atoms with Crippen molar-refractivity contribution >= 4 is 0 Å². The Balaban J connectivity index is 3.22. The monoisotopic (exact) mass is 284 g/mol. The first-order chi connectivity index (χ1) is 9.70. The number of nitrogens with one attached hydrogen (secondary N) is 1.